The number of nitrogens with two attached hydrogens (primary N) is 1. The second-order valence-corrected chi connectivity index (χ2v) is 6.54. The van der Waals surface area contributed by atoms with Crippen LogP contribution in [-0.4, -0.2) is 24.7 Å². The van der Waals surface area contributed by atoms with Crippen molar-refractivity contribution in [1.82, 2.24) is 0 Å². The first-order chi connectivity index (χ1) is 12.0. The standard InChI is InChI=1S/C20H26N2O3/c1-20(2,3)24-13-14-25-22-19(21)17-11-7-8-12-18(17)23-15-16-9-5-4-6-10-16/h4-12H,13-15H2,1-3H3,(H2,21,22). The fourth-order valence-corrected chi connectivity index (χ4v) is 2.09. The van der Waals surface area contributed by atoms with Crippen molar-refractivity contribution >= 4 is 5.84 Å². The van der Waals surface area contributed by atoms with Crippen molar-refractivity contribution in [3.8, 4) is 5.75 Å². The van der Waals surface area contributed by atoms with Gasteiger partial charge < -0.3 is 20.0 Å². The van der Waals surface area contributed by atoms with Gasteiger partial charge in [0.25, 0.3) is 0 Å². The van der Waals surface area contributed by atoms with Crippen LogP contribution in [0.25, 0.3) is 0 Å². The predicted octanol–water partition coefficient (Wildman–Crippen LogP) is 3.72. The molecule has 2 aromatic rings. The van der Waals surface area contributed by atoms with Crippen LogP contribution in [0.4, 0.5) is 0 Å². The predicted molar refractivity (Wildman–Crippen MR) is 99.6 cm³/mol. The lowest BCUT2D eigenvalue weighted by Crippen LogP contribution is -2.22. The normalized spacial score (nSPS) is 12.0. The average molecular weight is 342 g/mol. The fraction of sp³-hybridized carbons (Fsp3) is 0.350. The molecule has 2 N–H and O–H groups in total. The third kappa shape index (κ3) is 6.85. The van der Waals surface area contributed by atoms with Crippen molar-refractivity contribution in [3.05, 3.63) is 65.7 Å². The van der Waals surface area contributed by atoms with E-state index in [0.29, 0.717) is 31.1 Å². The van der Waals surface area contributed by atoms with Gasteiger partial charge in [-0.15, -0.1) is 0 Å². The number of nitrogens with zero attached hydrogens (tertiary/aromatic N) is 1. The van der Waals surface area contributed by atoms with Crippen molar-refractivity contribution in [3.63, 3.8) is 0 Å². The summed E-state index contributed by atoms with van der Waals surface area (Å²) in [5, 5.41) is 3.96. The summed E-state index contributed by atoms with van der Waals surface area (Å²) in [5.74, 6) is 0.946. The van der Waals surface area contributed by atoms with Gasteiger partial charge in [-0.3, -0.25) is 0 Å². The molecule has 0 fully saturated rings. The smallest absolute Gasteiger partial charge is 0.174 e. The zero-order valence-electron chi connectivity index (χ0n) is 15.1. The van der Waals surface area contributed by atoms with E-state index in [9.17, 15) is 0 Å². The highest BCUT2D eigenvalue weighted by atomic mass is 16.6. The Kier molecular flexibility index (Phi) is 6.83. The molecule has 0 aliphatic rings. The van der Waals surface area contributed by atoms with Gasteiger partial charge in [0.2, 0.25) is 0 Å². The van der Waals surface area contributed by atoms with Crippen LogP contribution in [0, 0.1) is 0 Å². The quantitative estimate of drug-likeness (QED) is 0.344. The van der Waals surface area contributed by atoms with E-state index in [0.717, 1.165) is 5.56 Å². The molecule has 0 unspecified atom stereocenters. The molecule has 25 heavy (non-hydrogen) atoms. The lowest BCUT2D eigenvalue weighted by atomic mass is 10.2. The van der Waals surface area contributed by atoms with Gasteiger partial charge in [0.1, 0.15) is 19.0 Å². The molecule has 0 aliphatic carbocycles. The van der Waals surface area contributed by atoms with E-state index < -0.39 is 0 Å². The van der Waals surface area contributed by atoms with Gasteiger partial charge in [0.15, 0.2) is 5.84 Å². The van der Waals surface area contributed by atoms with Gasteiger partial charge in [-0.25, -0.2) is 0 Å². The number of para-hydroxylation sites is 1. The topological polar surface area (TPSA) is 66.1 Å². The molecule has 0 atom stereocenters. The molecule has 0 amide bonds. The highest BCUT2D eigenvalue weighted by Gasteiger charge is 2.10. The molecule has 0 radical (unpaired) electrons. The molecular weight excluding hydrogens is 316 g/mol. The van der Waals surface area contributed by atoms with E-state index in [2.05, 4.69) is 5.16 Å². The van der Waals surface area contributed by atoms with Crippen LogP contribution in [0.3, 0.4) is 0 Å². The van der Waals surface area contributed by atoms with Crippen molar-refractivity contribution in [2.24, 2.45) is 10.9 Å². The van der Waals surface area contributed by atoms with Gasteiger partial charge in [0, 0.05) is 0 Å². The Morgan fingerprint density at radius 1 is 0.960 bits per heavy atom. The number of oxime groups is 1. The largest absolute Gasteiger partial charge is 0.488 e. The highest BCUT2D eigenvalue weighted by Crippen LogP contribution is 2.19. The summed E-state index contributed by atoms with van der Waals surface area (Å²) >= 11 is 0. The summed E-state index contributed by atoms with van der Waals surface area (Å²) in [5.41, 5.74) is 7.63. The van der Waals surface area contributed by atoms with Crippen molar-refractivity contribution in [1.29, 1.82) is 0 Å². The SMILES string of the molecule is CC(C)(C)OCCO/N=C(/N)c1ccccc1OCc1ccccc1. The van der Waals surface area contributed by atoms with Crippen LogP contribution in [0.2, 0.25) is 0 Å². The van der Waals surface area contributed by atoms with E-state index in [1.807, 2.05) is 75.4 Å². The van der Waals surface area contributed by atoms with Crippen molar-refractivity contribution in [2.45, 2.75) is 33.0 Å². The van der Waals surface area contributed by atoms with Gasteiger partial charge >= 0.3 is 0 Å². The minimum atomic E-state index is -0.198. The number of rotatable bonds is 8. The van der Waals surface area contributed by atoms with Crippen molar-refractivity contribution < 1.29 is 14.3 Å². The molecule has 0 saturated heterocycles. The van der Waals surface area contributed by atoms with E-state index in [1.165, 1.54) is 0 Å². The maximum atomic E-state index is 6.04. The minimum absolute atomic E-state index is 0.198. The number of ether oxygens (including phenoxy) is 2. The van der Waals surface area contributed by atoms with Crippen LogP contribution >= 0.6 is 0 Å². The first-order valence-electron chi connectivity index (χ1n) is 8.31. The third-order valence-corrected chi connectivity index (χ3v) is 3.27. The molecule has 134 valence electrons. The molecule has 2 aromatic carbocycles. The fourth-order valence-electron chi connectivity index (χ4n) is 2.09. The Morgan fingerprint density at radius 3 is 2.36 bits per heavy atom. The highest BCUT2D eigenvalue weighted by molar-refractivity contribution is 5.99. The first-order valence-corrected chi connectivity index (χ1v) is 8.31. The lowest BCUT2D eigenvalue weighted by molar-refractivity contribution is -0.0341. The minimum Gasteiger partial charge on any atom is -0.488 e. The van der Waals surface area contributed by atoms with Gasteiger partial charge in [-0.2, -0.15) is 0 Å². The van der Waals surface area contributed by atoms with E-state index in [-0.39, 0.29) is 11.4 Å². The third-order valence-electron chi connectivity index (χ3n) is 3.27. The second kappa shape index (κ2) is 9.08. The Balaban J connectivity index is 1.93. The summed E-state index contributed by atoms with van der Waals surface area (Å²) < 4.78 is 11.4. The zero-order valence-corrected chi connectivity index (χ0v) is 15.1. The first kappa shape index (κ1) is 18.8. The number of amidine groups is 1. The number of benzene rings is 2. The van der Waals surface area contributed by atoms with E-state index in [1.54, 1.807) is 0 Å². The summed E-state index contributed by atoms with van der Waals surface area (Å²) in [6.07, 6.45) is 0. The van der Waals surface area contributed by atoms with Gasteiger partial charge in [-0.05, 0) is 38.5 Å². The van der Waals surface area contributed by atoms with E-state index in [4.69, 9.17) is 20.0 Å². The molecule has 0 spiro atoms. The summed E-state index contributed by atoms with van der Waals surface area (Å²) in [6.45, 7) is 7.23. The molecule has 2 rings (SSSR count). The monoisotopic (exact) mass is 342 g/mol. The molecule has 0 aliphatic heterocycles. The van der Waals surface area contributed by atoms with E-state index >= 15 is 0 Å². The lowest BCUT2D eigenvalue weighted by Gasteiger charge is -2.18. The molecule has 0 heterocycles. The van der Waals surface area contributed by atoms with Gasteiger partial charge in [0.05, 0.1) is 17.8 Å². The Labute approximate surface area is 149 Å². The van der Waals surface area contributed by atoms with Crippen LogP contribution in [-0.2, 0) is 16.2 Å². The average Bonchev–Trinajstić information content (AvgIpc) is 2.59. The molecule has 0 bridgehead atoms. The maximum Gasteiger partial charge on any atom is 0.174 e. The molecule has 0 saturated carbocycles. The van der Waals surface area contributed by atoms with Crippen LogP contribution in [0.1, 0.15) is 31.9 Å². The van der Waals surface area contributed by atoms with Crippen LogP contribution in [0.15, 0.2) is 59.8 Å². The molecule has 5 nitrogen and oxygen atoms in total. The number of hydrogen-bond donors (Lipinski definition) is 1. The van der Waals surface area contributed by atoms with Crippen molar-refractivity contribution in [2.75, 3.05) is 13.2 Å². The molecular formula is C20H26N2O3. The molecule has 0 aromatic heterocycles. The summed E-state index contributed by atoms with van der Waals surface area (Å²) in [4.78, 5) is 5.25. The van der Waals surface area contributed by atoms with Gasteiger partial charge in [-0.1, -0.05) is 47.6 Å². The second-order valence-electron chi connectivity index (χ2n) is 6.54. The summed E-state index contributed by atoms with van der Waals surface area (Å²) in [6, 6.07) is 17.5. The Morgan fingerprint density at radius 2 is 1.64 bits per heavy atom. The zero-order chi connectivity index (χ0) is 18.1. The Hall–Kier alpha value is -2.53. The Bertz CT molecular complexity index is 679. The molecule has 5 heteroatoms. The van der Waals surface area contributed by atoms with Crippen LogP contribution in [0.5, 0.6) is 5.75 Å². The van der Waals surface area contributed by atoms with Crippen LogP contribution < -0.4 is 10.5 Å². The maximum absolute atomic E-state index is 6.04. The summed E-state index contributed by atoms with van der Waals surface area (Å²) in [7, 11) is 0. The number of hydrogen-bond acceptors (Lipinski definition) is 4.